The van der Waals surface area contributed by atoms with E-state index in [1.165, 1.54) is 0 Å². The molecule has 0 radical (unpaired) electrons. The topological polar surface area (TPSA) is 35.5 Å². The summed E-state index contributed by atoms with van der Waals surface area (Å²) in [6.45, 7) is -3.84. The first-order valence-electron chi connectivity index (χ1n) is 8.06. The van der Waals surface area contributed by atoms with Crippen LogP contribution in [0.15, 0.2) is 60.7 Å². The fraction of sp³-hybridized carbons (Fsp3) is 0. The molecule has 1 heterocycles. The van der Waals surface area contributed by atoms with Crippen LogP contribution in [0.4, 0.5) is 0 Å². The minimum absolute atomic E-state index is 0.499. The van der Waals surface area contributed by atoms with Gasteiger partial charge in [0.05, 0.1) is 7.14 Å². The van der Waals surface area contributed by atoms with E-state index in [2.05, 4.69) is 57.3 Å². The summed E-state index contributed by atoms with van der Waals surface area (Å²) in [5, 5.41) is 4.15. The number of fused-ring (bicyclic) bond motifs is 7. The normalized spacial score (nSPS) is 14.8. The maximum absolute atomic E-state index is 12.9. The van der Waals surface area contributed by atoms with Crippen LogP contribution in [-0.4, -0.2) is 0 Å². The van der Waals surface area contributed by atoms with Gasteiger partial charge in [0.25, 0.3) is 0 Å². The van der Waals surface area contributed by atoms with Crippen LogP contribution in [0.2, 0.25) is 0 Å². The van der Waals surface area contributed by atoms with Gasteiger partial charge in [0.1, 0.15) is 0 Å². The molecule has 5 rings (SSSR count). The predicted molar refractivity (Wildman–Crippen MR) is 127 cm³/mol. The Hall–Kier alpha value is -1.02. The van der Waals surface area contributed by atoms with Crippen LogP contribution in [0.5, 0.6) is 11.5 Å². The Morgan fingerprint density at radius 2 is 1.15 bits per heavy atom. The van der Waals surface area contributed by atoms with Gasteiger partial charge in [-0.25, -0.2) is 4.57 Å². The smallest absolute Gasteiger partial charge is 0.403 e. The molecule has 7 heteroatoms. The Labute approximate surface area is 187 Å². The third-order valence-electron chi connectivity index (χ3n) is 4.56. The van der Waals surface area contributed by atoms with Crippen molar-refractivity contribution in [1.29, 1.82) is 0 Å². The highest BCUT2D eigenvalue weighted by molar-refractivity contribution is 14.1. The Morgan fingerprint density at radius 3 is 1.59 bits per heavy atom. The summed E-state index contributed by atoms with van der Waals surface area (Å²) < 4.78 is 26.1. The molecule has 0 amide bonds. The molecule has 1 aliphatic heterocycles. The van der Waals surface area contributed by atoms with E-state index in [9.17, 15) is 4.57 Å². The maximum Gasteiger partial charge on any atom is 0.530 e. The SMILES string of the molecule is O=P1(Cl)Oc2c(I)cc3ccccc3c2-c2c(c(I)cc3ccccc23)O1. The van der Waals surface area contributed by atoms with Crippen LogP contribution in [0.1, 0.15) is 0 Å². The molecule has 4 aromatic rings. The fourth-order valence-corrected chi connectivity index (χ4v) is 6.55. The second-order valence-electron chi connectivity index (χ2n) is 6.18. The Bertz CT molecular complexity index is 1210. The summed E-state index contributed by atoms with van der Waals surface area (Å²) in [6, 6.07) is 20.2. The maximum atomic E-state index is 12.9. The summed E-state index contributed by atoms with van der Waals surface area (Å²) in [4.78, 5) is 0. The van der Waals surface area contributed by atoms with Crippen molar-refractivity contribution < 1.29 is 13.6 Å². The minimum atomic E-state index is -3.84. The number of hydrogen-bond donors (Lipinski definition) is 0. The highest BCUT2D eigenvalue weighted by Gasteiger charge is 2.36. The molecule has 0 aliphatic carbocycles. The molecule has 27 heavy (non-hydrogen) atoms. The molecule has 0 N–H and O–H groups in total. The first-order chi connectivity index (χ1) is 12.9. The van der Waals surface area contributed by atoms with Crippen molar-refractivity contribution in [3.8, 4) is 22.6 Å². The average molecular weight is 619 g/mol. The average Bonchev–Trinajstić information content (AvgIpc) is 2.76. The van der Waals surface area contributed by atoms with Gasteiger partial charge in [-0.1, -0.05) is 48.5 Å². The summed E-state index contributed by atoms with van der Waals surface area (Å²) in [6.07, 6.45) is 0. The predicted octanol–water partition coefficient (Wildman–Crippen LogP) is 7.99. The summed E-state index contributed by atoms with van der Waals surface area (Å²) in [7, 11) is 0. The first kappa shape index (κ1) is 18.0. The molecule has 0 aromatic heterocycles. The van der Waals surface area contributed by atoms with E-state index in [0.717, 1.165) is 39.8 Å². The molecule has 0 bridgehead atoms. The molecular formula is C20H10ClI2O3P. The molecule has 0 fully saturated rings. The monoisotopic (exact) mass is 618 g/mol. The molecular weight excluding hydrogens is 608 g/mol. The zero-order valence-corrected chi connectivity index (χ0v) is 19.5. The molecule has 4 aromatic carbocycles. The second kappa shape index (κ2) is 6.51. The van der Waals surface area contributed by atoms with Gasteiger partial charge in [0.2, 0.25) is 0 Å². The lowest BCUT2D eigenvalue weighted by atomic mass is 9.92. The van der Waals surface area contributed by atoms with Crippen molar-refractivity contribution in [3.63, 3.8) is 0 Å². The van der Waals surface area contributed by atoms with Gasteiger partial charge in [-0.05, 0) is 78.9 Å². The molecule has 1 aliphatic rings. The molecule has 0 saturated carbocycles. The van der Waals surface area contributed by atoms with E-state index in [-0.39, 0.29) is 0 Å². The Morgan fingerprint density at radius 1 is 0.741 bits per heavy atom. The third-order valence-corrected chi connectivity index (χ3v) is 7.38. The van der Waals surface area contributed by atoms with E-state index in [1.54, 1.807) is 0 Å². The van der Waals surface area contributed by atoms with Crippen LogP contribution in [0.3, 0.4) is 0 Å². The first-order valence-corrected chi connectivity index (χ1v) is 12.7. The van der Waals surface area contributed by atoms with Gasteiger partial charge in [-0.3, -0.25) is 0 Å². The van der Waals surface area contributed by atoms with E-state index in [4.69, 9.17) is 20.3 Å². The van der Waals surface area contributed by atoms with Crippen LogP contribution < -0.4 is 9.05 Å². The summed E-state index contributed by atoms with van der Waals surface area (Å²) in [5.74, 6) is 0.997. The number of rotatable bonds is 0. The molecule has 0 atom stereocenters. The molecule has 134 valence electrons. The molecule has 0 unspecified atom stereocenters. The lowest BCUT2D eigenvalue weighted by Crippen LogP contribution is -1.95. The van der Waals surface area contributed by atoms with Gasteiger partial charge in [-0.2, -0.15) is 0 Å². The number of benzene rings is 4. The van der Waals surface area contributed by atoms with E-state index in [1.807, 2.05) is 48.5 Å². The summed E-state index contributed by atoms with van der Waals surface area (Å²) >= 11 is 10.6. The zero-order valence-electron chi connectivity index (χ0n) is 13.6. The lowest BCUT2D eigenvalue weighted by Gasteiger charge is -2.15. The van der Waals surface area contributed by atoms with Crippen LogP contribution in [0.25, 0.3) is 32.7 Å². The lowest BCUT2D eigenvalue weighted by molar-refractivity contribution is 0.410. The number of halogens is 3. The molecule has 0 spiro atoms. The summed E-state index contributed by atoms with van der Waals surface area (Å²) in [5.41, 5.74) is 1.72. The highest BCUT2D eigenvalue weighted by Crippen LogP contribution is 2.62. The standard InChI is InChI=1S/C20H10ClI2O3P/c21-27(24)25-19-15(22)9-11-5-1-3-7-13(11)17(19)18-14-8-4-2-6-12(14)10-16(23)20(18)26-27/h1-10H. The van der Waals surface area contributed by atoms with Crippen molar-refractivity contribution in [3.05, 3.63) is 67.8 Å². The zero-order chi connectivity index (χ0) is 18.8. The van der Waals surface area contributed by atoms with Crippen molar-refractivity contribution in [2.24, 2.45) is 0 Å². The largest absolute Gasteiger partial charge is 0.530 e. The van der Waals surface area contributed by atoms with E-state index >= 15 is 0 Å². The minimum Gasteiger partial charge on any atom is -0.403 e. The quantitative estimate of drug-likeness (QED) is 0.148. The van der Waals surface area contributed by atoms with Crippen LogP contribution in [-0.2, 0) is 4.57 Å². The van der Waals surface area contributed by atoms with Gasteiger partial charge in [0.15, 0.2) is 11.5 Å². The molecule has 0 saturated heterocycles. The number of hydrogen-bond acceptors (Lipinski definition) is 3. The van der Waals surface area contributed by atoms with E-state index < -0.39 is 6.95 Å². The van der Waals surface area contributed by atoms with Gasteiger partial charge >= 0.3 is 6.95 Å². The van der Waals surface area contributed by atoms with E-state index in [0.29, 0.717) is 11.5 Å². The van der Waals surface area contributed by atoms with Crippen LogP contribution >= 0.6 is 63.4 Å². The van der Waals surface area contributed by atoms with Crippen molar-refractivity contribution in [2.75, 3.05) is 0 Å². The highest BCUT2D eigenvalue weighted by atomic mass is 127. The van der Waals surface area contributed by atoms with Crippen molar-refractivity contribution in [1.82, 2.24) is 0 Å². The van der Waals surface area contributed by atoms with Gasteiger partial charge < -0.3 is 9.05 Å². The van der Waals surface area contributed by atoms with Gasteiger partial charge in [-0.15, -0.1) is 0 Å². The Kier molecular flexibility index (Phi) is 4.35. The van der Waals surface area contributed by atoms with Crippen molar-refractivity contribution >= 4 is 84.9 Å². The second-order valence-corrected chi connectivity index (χ2v) is 11.0. The molecule has 3 nitrogen and oxygen atoms in total. The Balaban J connectivity index is 2.08. The van der Waals surface area contributed by atoms with Crippen LogP contribution in [0, 0.1) is 7.14 Å². The third kappa shape index (κ3) is 2.94. The fourth-order valence-electron chi connectivity index (χ4n) is 3.50. The van der Waals surface area contributed by atoms with Crippen molar-refractivity contribution in [2.45, 2.75) is 0 Å². The van der Waals surface area contributed by atoms with Gasteiger partial charge in [0, 0.05) is 22.4 Å².